The van der Waals surface area contributed by atoms with Crippen LogP contribution in [0.1, 0.15) is 0 Å². The van der Waals surface area contributed by atoms with Gasteiger partial charge in [0.1, 0.15) is 38.1 Å². The molecule has 12 heteroatoms. The van der Waals surface area contributed by atoms with Crippen LogP contribution >= 0.6 is 0 Å². The quantitative estimate of drug-likeness (QED) is 0.101. The predicted molar refractivity (Wildman–Crippen MR) is 117 cm³/mol. The van der Waals surface area contributed by atoms with Crippen LogP contribution in [0.15, 0.2) is 38.0 Å². The second kappa shape index (κ2) is 19.8. The van der Waals surface area contributed by atoms with Gasteiger partial charge < -0.3 is 43.7 Å². The van der Waals surface area contributed by atoms with Gasteiger partial charge in [-0.05, 0) is 0 Å². The highest BCUT2D eigenvalue weighted by atomic mass is 16.6. The second-order valence-electron chi connectivity index (χ2n) is 6.94. The van der Waals surface area contributed by atoms with Crippen molar-refractivity contribution in [2.75, 3.05) is 59.5 Å². The Balaban J connectivity index is 4.46. The van der Waals surface area contributed by atoms with E-state index in [4.69, 9.17) is 28.4 Å². The van der Waals surface area contributed by atoms with Gasteiger partial charge in [0, 0.05) is 24.1 Å². The van der Waals surface area contributed by atoms with Crippen LogP contribution in [0.4, 0.5) is 0 Å². The van der Waals surface area contributed by atoms with Gasteiger partial charge in [-0.25, -0.2) is 14.4 Å². The first-order valence-electron chi connectivity index (χ1n) is 10.4. The Morgan fingerprint density at radius 3 is 1.03 bits per heavy atom. The van der Waals surface area contributed by atoms with Gasteiger partial charge in [0.2, 0.25) is 0 Å². The van der Waals surface area contributed by atoms with E-state index < -0.39 is 36.2 Å². The summed E-state index contributed by atoms with van der Waals surface area (Å²) in [6.07, 6.45) is -0.273. The molecule has 0 aliphatic carbocycles. The van der Waals surface area contributed by atoms with Gasteiger partial charge >= 0.3 is 17.9 Å². The maximum absolute atomic E-state index is 11.0. The van der Waals surface area contributed by atoms with E-state index in [0.29, 0.717) is 0 Å². The maximum Gasteiger partial charge on any atom is 0.330 e. The van der Waals surface area contributed by atoms with E-state index in [-0.39, 0.29) is 65.4 Å². The van der Waals surface area contributed by atoms with Gasteiger partial charge in [-0.1, -0.05) is 19.7 Å². The lowest BCUT2D eigenvalue weighted by atomic mass is 10.2. The second-order valence-corrected chi connectivity index (χ2v) is 6.94. The van der Waals surface area contributed by atoms with Crippen molar-refractivity contribution in [3.05, 3.63) is 38.0 Å². The molecule has 0 amide bonds. The molecule has 0 saturated heterocycles. The minimum absolute atomic E-state index is 0.0650. The first-order valence-corrected chi connectivity index (χ1v) is 10.4. The fourth-order valence-corrected chi connectivity index (χ4v) is 2.11. The summed E-state index contributed by atoms with van der Waals surface area (Å²) in [5.41, 5.74) is 0. The number of rotatable bonds is 21. The smallest absolute Gasteiger partial charge is 0.330 e. The van der Waals surface area contributed by atoms with E-state index in [1.54, 1.807) is 0 Å². The monoisotopic (exact) mass is 490 g/mol. The zero-order valence-electron chi connectivity index (χ0n) is 19.0. The highest BCUT2D eigenvalue weighted by Crippen LogP contribution is 2.04. The van der Waals surface area contributed by atoms with E-state index in [1.165, 1.54) is 0 Å². The molecule has 0 rings (SSSR count). The van der Waals surface area contributed by atoms with Crippen LogP contribution in [-0.2, 0) is 42.8 Å². The van der Waals surface area contributed by atoms with Crippen LogP contribution in [0.2, 0.25) is 0 Å². The molecule has 3 unspecified atom stereocenters. The van der Waals surface area contributed by atoms with Crippen molar-refractivity contribution >= 4 is 17.9 Å². The zero-order valence-corrected chi connectivity index (χ0v) is 19.0. The number of aliphatic hydroxyl groups excluding tert-OH is 3. The third-order valence-corrected chi connectivity index (χ3v) is 3.75. The Labute approximate surface area is 198 Å². The molecular formula is C22H34O12. The van der Waals surface area contributed by atoms with Gasteiger partial charge in [-0.2, -0.15) is 0 Å². The Morgan fingerprint density at radius 2 is 0.794 bits per heavy atom. The standard InChI is InChI=1S/C22H34O12/c1-4-20(26)32-13-17(23)10-29-7-16(8-30-11-18(24)14-33-21(27)5-2)9-31-12-19(25)15-34-22(28)6-3/h4-6,16-19,23-25H,1-3,7-15H2. The number of esters is 3. The predicted octanol–water partition coefficient (Wildman–Crippen LogP) is -1.08. The normalized spacial score (nSPS) is 14.2. The van der Waals surface area contributed by atoms with Gasteiger partial charge in [0.25, 0.3) is 0 Å². The lowest BCUT2D eigenvalue weighted by Crippen LogP contribution is -2.31. The fourth-order valence-electron chi connectivity index (χ4n) is 2.11. The zero-order chi connectivity index (χ0) is 25.8. The van der Waals surface area contributed by atoms with E-state index in [1.807, 2.05) is 0 Å². The van der Waals surface area contributed by atoms with Crippen molar-refractivity contribution in [3.63, 3.8) is 0 Å². The van der Waals surface area contributed by atoms with Crippen molar-refractivity contribution in [3.8, 4) is 0 Å². The summed E-state index contributed by atoms with van der Waals surface area (Å²) in [4.78, 5) is 33.0. The lowest BCUT2D eigenvalue weighted by molar-refractivity contribution is -0.142. The number of aliphatic hydroxyl groups is 3. The van der Waals surface area contributed by atoms with Gasteiger partial charge in [0.15, 0.2) is 0 Å². The molecule has 0 aromatic carbocycles. The van der Waals surface area contributed by atoms with Crippen LogP contribution in [0.3, 0.4) is 0 Å². The number of carbonyl (C=O) groups excluding carboxylic acids is 3. The highest BCUT2D eigenvalue weighted by molar-refractivity contribution is 5.81. The number of ether oxygens (including phenoxy) is 6. The van der Waals surface area contributed by atoms with Crippen molar-refractivity contribution in [2.45, 2.75) is 18.3 Å². The average Bonchev–Trinajstić information content (AvgIpc) is 2.83. The maximum atomic E-state index is 11.0. The molecule has 0 aromatic heterocycles. The first kappa shape index (κ1) is 31.4. The summed E-state index contributed by atoms with van der Waals surface area (Å²) >= 11 is 0. The molecule has 0 heterocycles. The molecule has 0 saturated carbocycles. The largest absolute Gasteiger partial charge is 0.460 e. The summed E-state index contributed by atoms with van der Waals surface area (Å²) in [6.45, 7) is 8.71. The first-order chi connectivity index (χ1) is 16.2. The average molecular weight is 491 g/mol. The van der Waals surface area contributed by atoms with Gasteiger partial charge in [-0.15, -0.1) is 0 Å². The van der Waals surface area contributed by atoms with Crippen molar-refractivity contribution in [2.24, 2.45) is 5.92 Å². The molecule has 0 aliphatic heterocycles. The summed E-state index contributed by atoms with van der Waals surface area (Å²) in [5, 5.41) is 29.4. The van der Waals surface area contributed by atoms with Crippen LogP contribution < -0.4 is 0 Å². The summed E-state index contributed by atoms with van der Waals surface area (Å²) in [6, 6.07) is 0. The summed E-state index contributed by atoms with van der Waals surface area (Å²) in [5.74, 6) is -2.40. The molecule has 3 atom stereocenters. The fraction of sp³-hybridized carbons (Fsp3) is 0.591. The van der Waals surface area contributed by atoms with Crippen molar-refractivity contribution < 1.29 is 58.1 Å². The SMILES string of the molecule is C=CC(=O)OCC(O)COCC(COCC(O)COC(=O)C=C)COCC(O)COC(=O)C=C. The third kappa shape index (κ3) is 17.9. The molecule has 0 spiro atoms. The molecule has 34 heavy (non-hydrogen) atoms. The molecule has 0 fully saturated rings. The summed E-state index contributed by atoms with van der Waals surface area (Å²) in [7, 11) is 0. The molecule has 194 valence electrons. The number of hydrogen-bond donors (Lipinski definition) is 3. The lowest BCUT2D eigenvalue weighted by Gasteiger charge is -2.20. The van der Waals surface area contributed by atoms with Crippen LogP contribution in [-0.4, -0.2) is 111 Å². The number of hydrogen-bond acceptors (Lipinski definition) is 12. The van der Waals surface area contributed by atoms with Crippen LogP contribution in [0.5, 0.6) is 0 Å². The van der Waals surface area contributed by atoms with Crippen LogP contribution in [0.25, 0.3) is 0 Å². The van der Waals surface area contributed by atoms with Crippen LogP contribution in [0, 0.1) is 5.92 Å². The molecule has 0 bridgehead atoms. The van der Waals surface area contributed by atoms with E-state index in [9.17, 15) is 29.7 Å². The molecule has 0 aromatic rings. The van der Waals surface area contributed by atoms with E-state index in [2.05, 4.69) is 19.7 Å². The minimum Gasteiger partial charge on any atom is -0.460 e. The highest BCUT2D eigenvalue weighted by Gasteiger charge is 2.16. The molecule has 12 nitrogen and oxygen atoms in total. The molecule has 0 radical (unpaired) electrons. The Morgan fingerprint density at radius 1 is 0.529 bits per heavy atom. The van der Waals surface area contributed by atoms with Gasteiger partial charge in [0.05, 0.1) is 39.6 Å². The molecular weight excluding hydrogens is 456 g/mol. The van der Waals surface area contributed by atoms with Crippen molar-refractivity contribution in [1.82, 2.24) is 0 Å². The van der Waals surface area contributed by atoms with E-state index in [0.717, 1.165) is 18.2 Å². The Hall–Kier alpha value is -2.61. The topological polar surface area (TPSA) is 167 Å². The molecule has 0 aliphatic rings. The Bertz CT molecular complexity index is 550. The third-order valence-electron chi connectivity index (χ3n) is 3.75. The van der Waals surface area contributed by atoms with Gasteiger partial charge in [-0.3, -0.25) is 0 Å². The summed E-state index contributed by atoms with van der Waals surface area (Å²) < 4.78 is 30.4. The molecule has 3 N–H and O–H groups in total. The Kier molecular flexibility index (Phi) is 18.3. The number of carbonyl (C=O) groups is 3. The minimum atomic E-state index is -1.06. The van der Waals surface area contributed by atoms with E-state index >= 15 is 0 Å². The van der Waals surface area contributed by atoms with Crippen molar-refractivity contribution in [1.29, 1.82) is 0 Å².